The molecule has 1 amide bonds. The number of hydrogen-bond donors (Lipinski definition) is 3. The predicted octanol–water partition coefficient (Wildman–Crippen LogP) is 2.67. The van der Waals surface area contributed by atoms with Crippen LogP contribution in [0.15, 0.2) is 42.5 Å². The van der Waals surface area contributed by atoms with Crippen molar-refractivity contribution < 1.29 is 14.6 Å². The zero-order valence-electron chi connectivity index (χ0n) is 15.5. The Morgan fingerprint density at radius 1 is 1.29 bits per heavy atom. The first-order chi connectivity index (χ1) is 13.7. The van der Waals surface area contributed by atoms with Crippen molar-refractivity contribution in [3.05, 3.63) is 59.3 Å². The van der Waals surface area contributed by atoms with Gasteiger partial charge in [0.2, 0.25) is 5.91 Å². The molecule has 1 aliphatic heterocycles. The second-order valence-corrected chi connectivity index (χ2v) is 7.79. The van der Waals surface area contributed by atoms with E-state index in [2.05, 4.69) is 21.6 Å². The standard InChI is InChI=1S/C22H23N3O3/c26-16-10-15(11-16)22(14-5-6-20-13(9-14)7-8-28-20)23-21(27)12-19-17-3-1-2-4-18(17)24-25-19/h1-6,9,15-16,22,26H,7-8,10-12H2,(H,23,27)(H,24,25)/t15?,16?,22-/m0/s1. The number of nitrogens with one attached hydrogen (secondary N) is 2. The minimum Gasteiger partial charge on any atom is -0.493 e. The van der Waals surface area contributed by atoms with Crippen LogP contribution in [0.3, 0.4) is 0 Å². The van der Waals surface area contributed by atoms with Gasteiger partial charge in [-0.2, -0.15) is 5.10 Å². The summed E-state index contributed by atoms with van der Waals surface area (Å²) in [5.41, 5.74) is 3.96. The Morgan fingerprint density at radius 3 is 3.00 bits per heavy atom. The van der Waals surface area contributed by atoms with Gasteiger partial charge < -0.3 is 15.2 Å². The van der Waals surface area contributed by atoms with Crippen LogP contribution in [0.1, 0.15) is 35.7 Å². The van der Waals surface area contributed by atoms with Crippen molar-refractivity contribution in [1.82, 2.24) is 15.5 Å². The fourth-order valence-corrected chi connectivity index (χ4v) is 4.31. The van der Waals surface area contributed by atoms with E-state index in [1.807, 2.05) is 36.4 Å². The van der Waals surface area contributed by atoms with E-state index in [1.54, 1.807) is 0 Å². The number of ether oxygens (including phenoxy) is 1. The summed E-state index contributed by atoms with van der Waals surface area (Å²) in [6, 6.07) is 13.9. The van der Waals surface area contributed by atoms with Crippen LogP contribution >= 0.6 is 0 Å². The Labute approximate surface area is 162 Å². The van der Waals surface area contributed by atoms with Gasteiger partial charge in [0.25, 0.3) is 0 Å². The third-order valence-electron chi connectivity index (χ3n) is 5.89. The number of hydrogen-bond acceptors (Lipinski definition) is 4. The number of carbonyl (C=O) groups is 1. The van der Waals surface area contributed by atoms with E-state index in [-0.39, 0.29) is 30.4 Å². The molecule has 1 fully saturated rings. The molecule has 3 aromatic rings. The number of nitrogens with zero attached hydrogens (tertiary/aromatic N) is 1. The van der Waals surface area contributed by atoms with Gasteiger partial charge in [0, 0.05) is 11.8 Å². The number of benzene rings is 2. The van der Waals surface area contributed by atoms with Crippen molar-refractivity contribution >= 4 is 16.8 Å². The first-order valence-electron chi connectivity index (χ1n) is 9.82. The Balaban J connectivity index is 1.36. The second-order valence-electron chi connectivity index (χ2n) is 7.79. The number of para-hydroxylation sites is 1. The lowest BCUT2D eigenvalue weighted by Crippen LogP contribution is -2.42. The molecule has 2 aromatic carbocycles. The lowest BCUT2D eigenvalue weighted by molar-refractivity contribution is -0.122. The van der Waals surface area contributed by atoms with Gasteiger partial charge in [-0.3, -0.25) is 9.89 Å². The van der Waals surface area contributed by atoms with Crippen LogP contribution in [0.2, 0.25) is 0 Å². The zero-order valence-corrected chi connectivity index (χ0v) is 15.5. The van der Waals surface area contributed by atoms with Gasteiger partial charge in [0.1, 0.15) is 5.75 Å². The van der Waals surface area contributed by atoms with Crippen LogP contribution in [0.5, 0.6) is 5.75 Å². The molecule has 5 rings (SSSR count). The highest BCUT2D eigenvalue weighted by Crippen LogP contribution is 2.39. The monoisotopic (exact) mass is 377 g/mol. The number of aromatic nitrogens is 2. The van der Waals surface area contributed by atoms with Crippen molar-refractivity contribution in [2.45, 2.75) is 37.8 Å². The van der Waals surface area contributed by atoms with E-state index >= 15 is 0 Å². The Kier molecular flexibility index (Phi) is 4.28. The number of H-pyrrole nitrogens is 1. The molecule has 2 heterocycles. The molecule has 0 radical (unpaired) electrons. The fraction of sp³-hybridized carbons (Fsp3) is 0.364. The molecule has 6 nitrogen and oxygen atoms in total. The van der Waals surface area contributed by atoms with Crippen LogP contribution in [0.25, 0.3) is 10.9 Å². The van der Waals surface area contributed by atoms with Crippen molar-refractivity contribution in [3.8, 4) is 5.75 Å². The smallest absolute Gasteiger partial charge is 0.226 e. The van der Waals surface area contributed by atoms with Crippen LogP contribution in [0, 0.1) is 5.92 Å². The number of aliphatic hydroxyl groups excluding tert-OH is 1. The largest absolute Gasteiger partial charge is 0.493 e. The van der Waals surface area contributed by atoms with E-state index in [1.165, 1.54) is 5.56 Å². The second kappa shape index (κ2) is 6.95. The third kappa shape index (κ3) is 3.14. The van der Waals surface area contributed by atoms with Gasteiger partial charge in [0.05, 0.1) is 36.4 Å². The molecule has 28 heavy (non-hydrogen) atoms. The molecular formula is C22H23N3O3. The van der Waals surface area contributed by atoms with E-state index in [0.717, 1.165) is 34.3 Å². The van der Waals surface area contributed by atoms with Gasteiger partial charge >= 0.3 is 0 Å². The maximum Gasteiger partial charge on any atom is 0.226 e. The third-order valence-corrected chi connectivity index (χ3v) is 5.89. The van der Waals surface area contributed by atoms with Crippen molar-refractivity contribution in [1.29, 1.82) is 0 Å². The number of aliphatic hydroxyl groups is 1. The predicted molar refractivity (Wildman–Crippen MR) is 105 cm³/mol. The lowest BCUT2D eigenvalue weighted by atomic mass is 9.74. The average molecular weight is 377 g/mol. The van der Waals surface area contributed by atoms with E-state index in [4.69, 9.17) is 4.74 Å². The minimum absolute atomic E-state index is 0.0439. The topological polar surface area (TPSA) is 87.2 Å². The van der Waals surface area contributed by atoms with Crippen molar-refractivity contribution in [2.75, 3.05) is 6.61 Å². The first kappa shape index (κ1) is 17.3. The van der Waals surface area contributed by atoms with Crippen molar-refractivity contribution in [2.24, 2.45) is 5.92 Å². The summed E-state index contributed by atoms with van der Waals surface area (Å²) >= 11 is 0. The van der Waals surface area contributed by atoms with E-state index < -0.39 is 0 Å². The molecule has 1 aliphatic carbocycles. The van der Waals surface area contributed by atoms with E-state index in [0.29, 0.717) is 19.4 Å². The Bertz CT molecular complexity index is 1020. The minimum atomic E-state index is -0.265. The molecule has 1 atom stereocenters. The highest BCUT2D eigenvalue weighted by Gasteiger charge is 2.36. The molecule has 3 N–H and O–H groups in total. The summed E-state index contributed by atoms with van der Waals surface area (Å²) < 4.78 is 5.60. The molecule has 1 aromatic heterocycles. The van der Waals surface area contributed by atoms with Gasteiger partial charge in [-0.05, 0) is 48.1 Å². The Morgan fingerprint density at radius 2 is 2.14 bits per heavy atom. The SMILES string of the molecule is O=C(Cc1[nH]nc2ccccc12)N[C@@H](c1ccc2c(c1)CCO2)C1CC(O)C1. The summed E-state index contributed by atoms with van der Waals surface area (Å²) in [6.45, 7) is 0.713. The maximum absolute atomic E-state index is 12.9. The summed E-state index contributed by atoms with van der Waals surface area (Å²) in [6.07, 6.45) is 2.31. The molecule has 0 spiro atoms. The Hall–Kier alpha value is -2.86. The highest BCUT2D eigenvalue weighted by atomic mass is 16.5. The number of rotatable bonds is 5. The summed E-state index contributed by atoms with van der Waals surface area (Å²) in [5, 5.41) is 21.2. The van der Waals surface area contributed by atoms with Crippen LogP contribution in [-0.2, 0) is 17.6 Å². The number of fused-ring (bicyclic) bond motifs is 2. The molecule has 1 saturated carbocycles. The lowest BCUT2D eigenvalue weighted by Gasteiger charge is -2.38. The molecule has 2 aliphatic rings. The van der Waals surface area contributed by atoms with Gasteiger partial charge in [0.15, 0.2) is 0 Å². The van der Waals surface area contributed by atoms with Crippen molar-refractivity contribution in [3.63, 3.8) is 0 Å². The summed E-state index contributed by atoms with van der Waals surface area (Å²) in [5.74, 6) is 1.14. The van der Waals surface area contributed by atoms with Gasteiger partial charge in [-0.15, -0.1) is 0 Å². The quantitative estimate of drug-likeness (QED) is 0.638. The van der Waals surface area contributed by atoms with Crippen LogP contribution < -0.4 is 10.1 Å². The molecule has 6 heteroatoms. The molecular weight excluding hydrogens is 354 g/mol. The number of aromatic amines is 1. The fourth-order valence-electron chi connectivity index (χ4n) is 4.31. The first-order valence-corrected chi connectivity index (χ1v) is 9.82. The highest BCUT2D eigenvalue weighted by molar-refractivity contribution is 5.87. The summed E-state index contributed by atoms with van der Waals surface area (Å²) in [7, 11) is 0. The molecule has 0 unspecified atom stereocenters. The van der Waals surface area contributed by atoms with E-state index in [9.17, 15) is 9.90 Å². The molecule has 144 valence electrons. The van der Waals surface area contributed by atoms with Gasteiger partial charge in [-0.1, -0.05) is 24.3 Å². The average Bonchev–Trinajstić information content (AvgIpc) is 3.30. The zero-order chi connectivity index (χ0) is 19.1. The number of carbonyl (C=O) groups excluding carboxylic acids is 1. The molecule has 0 saturated heterocycles. The van der Waals surface area contributed by atoms with Crippen LogP contribution in [0.4, 0.5) is 0 Å². The summed E-state index contributed by atoms with van der Waals surface area (Å²) in [4.78, 5) is 12.9. The van der Waals surface area contributed by atoms with Gasteiger partial charge in [-0.25, -0.2) is 0 Å². The van der Waals surface area contributed by atoms with Crippen LogP contribution in [-0.4, -0.2) is 33.9 Å². The molecule has 0 bridgehead atoms. The maximum atomic E-state index is 12.9. The number of amides is 1. The normalized spacial score (nSPS) is 21.6.